The van der Waals surface area contributed by atoms with Gasteiger partial charge in [0.25, 0.3) is 0 Å². The Kier molecular flexibility index (Phi) is 10.0. The van der Waals surface area contributed by atoms with Gasteiger partial charge in [0.2, 0.25) is 15.9 Å². The topological polar surface area (TPSA) is 75.7 Å². The number of hydrogen-bond donors (Lipinski definition) is 1. The summed E-state index contributed by atoms with van der Waals surface area (Å²) in [5.41, 5.74) is 3.06. The van der Waals surface area contributed by atoms with Crippen LogP contribution in [0.1, 0.15) is 57.1 Å². The zero-order chi connectivity index (χ0) is 23.6. The van der Waals surface area contributed by atoms with Gasteiger partial charge in [-0.15, -0.1) is 0 Å². The van der Waals surface area contributed by atoms with Crippen LogP contribution in [0.15, 0.2) is 48.5 Å². The lowest BCUT2D eigenvalue weighted by atomic mass is 10.0. The van der Waals surface area contributed by atoms with Crippen LogP contribution >= 0.6 is 0 Å². The second-order valence-electron chi connectivity index (χ2n) is 8.28. The van der Waals surface area contributed by atoms with Gasteiger partial charge in [-0.1, -0.05) is 51.5 Å². The Morgan fingerprint density at radius 3 is 2.28 bits per heavy atom. The summed E-state index contributed by atoms with van der Waals surface area (Å²) >= 11 is 0. The molecule has 0 aliphatic carbocycles. The number of ether oxygens (including phenoxy) is 1. The van der Waals surface area contributed by atoms with E-state index in [4.69, 9.17) is 4.74 Å². The Hall–Kier alpha value is -2.54. The van der Waals surface area contributed by atoms with E-state index in [1.54, 1.807) is 0 Å². The molecule has 32 heavy (non-hydrogen) atoms. The van der Waals surface area contributed by atoms with Crippen LogP contribution in [-0.4, -0.2) is 40.3 Å². The van der Waals surface area contributed by atoms with Gasteiger partial charge in [0.15, 0.2) is 0 Å². The maximum atomic E-state index is 12.2. The van der Waals surface area contributed by atoms with Crippen molar-refractivity contribution in [3.8, 4) is 5.75 Å². The van der Waals surface area contributed by atoms with Crippen LogP contribution in [0, 0.1) is 0 Å². The maximum absolute atomic E-state index is 12.2. The van der Waals surface area contributed by atoms with E-state index in [1.165, 1.54) is 16.1 Å². The number of aryl methyl sites for hydroxylation is 1. The molecule has 1 N–H and O–H groups in total. The molecule has 6 nitrogen and oxygen atoms in total. The molecule has 2 rings (SSSR count). The third-order valence-corrected chi connectivity index (χ3v) is 6.36. The Morgan fingerprint density at radius 2 is 1.72 bits per heavy atom. The van der Waals surface area contributed by atoms with Gasteiger partial charge in [-0.3, -0.25) is 9.10 Å². The molecule has 2 aromatic carbocycles. The molecule has 1 amide bonds. The number of amides is 1. The number of anilines is 1. The molecule has 0 aromatic heterocycles. The fraction of sp³-hybridized carbons (Fsp3) is 0.480. The van der Waals surface area contributed by atoms with Crippen LogP contribution < -0.4 is 14.4 Å². The lowest BCUT2D eigenvalue weighted by Crippen LogP contribution is -2.32. The number of rotatable bonds is 13. The van der Waals surface area contributed by atoms with E-state index < -0.39 is 10.0 Å². The van der Waals surface area contributed by atoms with Gasteiger partial charge in [-0.2, -0.15) is 0 Å². The molecule has 0 spiro atoms. The van der Waals surface area contributed by atoms with Crippen LogP contribution in [0.5, 0.6) is 5.75 Å². The molecular weight excluding hydrogens is 424 g/mol. The number of sulfonamides is 1. The van der Waals surface area contributed by atoms with Crippen LogP contribution in [0.25, 0.3) is 0 Å². The largest absolute Gasteiger partial charge is 0.492 e. The molecule has 0 saturated heterocycles. The van der Waals surface area contributed by atoms with Crippen molar-refractivity contribution >= 4 is 21.6 Å². The second-order valence-corrected chi connectivity index (χ2v) is 10.2. The summed E-state index contributed by atoms with van der Waals surface area (Å²) in [4.78, 5) is 12.1. The van der Waals surface area contributed by atoms with Gasteiger partial charge in [0.1, 0.15) is 12.4 Å². The summed E-state index contributed by atoms with van der Waals surface area (Å²) < 4.78 is 31.5. The minimum Gasteiger partial charge on any atom is -0.492 e. The molecule has 2 aromatic rings. The number of benzene rings is 2. The summed E-state index contributed by atoms with van der Waals surface area (Å²) in [7, 11) is -3.43. The second kappa shape index (κ2) is 12.5. The first-order valence-corrected chi connectivity index (χ1v) is 13.1. The average Bonchev–Trinajstić information content (AvgIpc) is 2.75. The number of nitrogens with one attached hydrogen (secondary N) is 1. The van der Waals surface area contributed by atoms with E-state index in [1.807, 2.05) is 36.4 Å². The zero-order valence-corrected chi connectivity index (χ0v) is 20.5. The normalized spacial score (nSPS) is 11.4. The first kappa shape index (κ1) is 25.7. The minimum atomic E-state index is -3.43. The highest BCUT2D eigenvalue weighted by molar-refractivity contribution is 7.92. The Balaban J connectivity index is 1.74. The summed E-state index contributed by atoms with van der Waals surface area (Å²) in [5.74, 6) is 1.05. The summed E-state index contributed by atoms with van der Waals surface area (Å²) in [6.07, 6.45) is 4.04. The van der Waals surface area contributed by atoms with Gasteiger partial charge in [-0.05, 0) is 54.2 Å². The van der Waals surface area contributed by atoms with Crippen molar-refractivity contribution in [3.05, 3.63) is 59.7 Å². The monoisotopic (exact) mass is 460 g/mol. The van der Waals surface area contributed by atoms with E-state index in [2.05, 4.69) is 38.2 Å². The number of nitrogens with zero attached hydrogens (tertiary/aromatic N) is 1. The molecule has 0 fully saturated rings. The first-order valence-electron chi connectivity index (χ1n) is 11.3. The van der Waals surface area contributed by atoms with Crippen molar-refractivity contribution in [1.29, 1.82) is 0 Å². The van der Waals surface area contributed by atoms with Crippen LogP contribution in [-0.2, 0) is 21.2 Å². The van der Waals surface area contributed by atoms with Crippen molar-refractivity contribution in [2.75, 3.05) is 30.3 Å². The van der Waals surface area contributed by atoms with E-state index in [-0.39, 0.29) is 18.9 Å². The average molecular weight is 461 g/mol. The fourth-order valence-electron chi connectivity index (χ4n) is 3.38. The molecule has 0 saturated carbocycles. The third-order valence-electron chi connectivity index (χ3n) is 5.17. The molecule has 0 radical (unpaired) electrons. The van der Waals surface area contributed by atoms with Crippen molar-refractivity contribution in [2.24, 2.45) is 0 Å². The highest BCUT2D eigenvalue weighted by Crippen LogP contribution is 2.22. The maximum Gasteiger partial charge on any atom is 0.232 e. The molecule has 0 unspecified atom stereocenters. The van der Waals surface area contributed by atoms with Crippen molar-refractivity contribution in [2.45, 2.75) is 52.4 Å². The molecule has 0 aliphatic heterocycles. The van der Waals surface area contributed by atoms with Crippen LogP contribution in [0.2, 0.25) is 0 Å². The Morgan fingerprint density at radius 1 is 1.06 bits per heavy atom. The van der Waals surface area contributed by atoms with E-state index >= 15 is 0 Å². The number of carbonyl (C=O) groups excluding carboxylic acids is 1. The highest BCUT2D eigenvalue weighted by Gasteiger charge is 2.17. The Bertz CT molecular complexity index is 939. The molecule has 7 heteroatoms. The van der Waals surface area contributed by atoms with E-state index in [0.717, 1.165) is 24.2 Å². The van der Waals surface area contributed by atoms with E-state index in [0.29, 0.717) is 31.2 Å². The van der Waals surface area contributed by atoms with Crippen molar-refractivity contribution in [1.82, 2.24) is 5.32 Å². The van der Waals surface area contributed by atoms with Crippen molar-refractivity contribution in [3.63, 3.8) is 0 Å². The lowest BCUT2D eigenvalue weighted by molar-refractivity contribution is -0.121. The smallest absolute Gasteiger partial charge is 0.232 e. The van der Waals surface area contributed by atoms with Gasteiger partial charge >= 0.3 is 0 Å². The lowest BCUT2D eigenvalue weighted by Gasteiger charge is -2.23. The predicted molar refractivity (Wildman–Crippen MR) is 131 cm³/mol. The van der Waals surface area contributed by atoms with Crippen LogP contribution in [0.3, 0.4) is 0 Å². The third kappa shape index (κ3) is 8.54. The van der Waals surface area contributed by atoms with Gasteiger partial charge in [0.05, 0.1) is 18.5 Å². The molecule has 0 heterocycles. The predicted octanol–water partition coefficient (Wildman–Crippen LogP) is 4.50. The summed E-state index contributed by atoms with van der Waals surface area (Å²) in [5, 5.41) is 2.82. The van der Waals surface area contributed by atoms with Gasteiger partial charge in [-0.25, -0.2) is 8.42 Å². The van der Waals surface area contributed by atoms with Crippen molar-refractivity contribution < 1.29 is 17.9 Å². The number of carbonyl (C=O) groups is 1. The van der Waals surface area contributed by atoms with Gasteiger partial charge < -0.3 is 10.1 Å². The minimum absolute atomic E-state index is 0.115. The molecule has 0 aliphatic rings. The molecule has 176 valence electrons. The van der Waals surface area contributed by atoms with E-state index in [9.17, 15) is 13.2 Å². The quantitative estimate of drug-likeness (QED) is 0.447. The first-order chi connectivity index (χ1) is 15.2. The zero-order valence-electron chi connectivity index (χ0n) is 19.6. The van der Waals surface area contributed by atoms with Gasteiger partial charge in [0, 0.05) is 13.0 Å². The Labute approximate surface area is 193 Å². The standard InChI is InChI=1S/C25H36N2O4S/c1-5-7-21-9-15-24(16-10-21)31-19-17-26-25(28)8-6-18-27(32(4,29)30)23-13-11-22(12-14-23)20(2)3/h9-16,20H,5-8,17-19H2,1-4H3,(H,26,28). The molecule has 0 bridgehead atoms. The highest BCUT2D eigenvalue weighted by atomic mass is 32.2. The summed E-state index contributed by atoms with van der Waals surface area (Å²) in [6, 6.07) is 15.5. The molecular formula is C25H36N2O4S. The fourth-order valence-corrected chi connectivity index (χ4v) is 4.35. The summed E-state index contributed by atoms with van der Waals surface area (Å²) in [6.45, 7) is 7.38. The number of hydrogen-bond acceptors (Lipinski definition) is 4. The SMILES string of the molecule is CCCc1ccc(OCCNC(=O)CCCN(c2ccc(C(C)C)cc2)S(C)(=O)=O)cc1. The molecule has 0 atom stereocenters. The van der Waals surface area contributed by atoms with Crippen LogP contribution in [0.4, 0.5) is 5.69 Å².